The van der Waals surface area contributed by atoms with Crippen LogP contribution in [0.3, 0.4) is 0 Å². The quantitative estimate of drug-likeness (QED) is 0.944. The summed E-state index contributed by atoms with van der Waals surface area (Å²) in [5, 5.41) is 1.30. The van der Waals surface area contributed by atoms with Crippen LogP contribution in [0.4, 0.5) is 4.79 Å². The molecule has 2 fully saturated rings. The van der Waals surface area contributed by atoms with Gasteiger partial charge in [-0.2, -0.15) is 0 Å². The molecular formula is C18H23N3O2. The van der Waals surface area contributed by atoms with Crippen molar-refractivity contribution in [3.8, 4) is 0 Å². The number of benzene rings is 1. The molecule has 122 valence electrons. The maximum absolute atomic E-state index is 11.5. The Labute approximate surface area is 136 Å². The number of rotatable bonds is 4. The number of cyclic esters (lactones) is 1. The van der Waals surface area contributed by atoms with E-state index in [0.717, 1.165) is 32.7 Å². The lowest BCUT2D eigenvalue weighted by molar-refractivity contribution is 0.149. The zero-order valence-electron chi connectivity index (χ0n) is 13.3. The molecule has 2 aliphatic rings. The Bertz CT molecular complexity index is 655. The number of fused-ring (bicyclic) bond motifs is 1. The van der Waals surface area contributed by atoms with Crippen LogP contribution in [0.1, 0.15) is 24.5 Å². The number of piperidine rings is 1. The third-order valence-electron chi connectivity index (χ3n) is 5.11. The molecule has 2 aliphatic heterocycles. The predicted octanol–water partition coefficient (Wildman–Crippen LogP) is 2.80. The van der Waals surface area contributed by atoms with Crippen molar-refractivity contribution >= 4 is 17.0 Å². The Kier molecular flexibility index (Phi) is 3.95. The summed E-state index contributed by atoms with van der Waals surface area (Å²) in [6.07, 6.45) is 2.20. The fourth-order valence-corrected chi connectivity index (χ4v) is 3.67. The molecular weight excluding hydrogens is 290 g/mol. The summed E-state index contributed by atoms with van der Waals surface area (Å²) in [5.74, 6) is 0.621. The van der Waals surface area contributed by atoms with Crippen molar-refractivity contribution < 1.29 is 9.53 Å². The number of nitrogens with one attached hydrogen (secondary N) is 1. The van der Waals surface area contributed by atoms with E-state index < -0.39 is 0 Å². The summed E-state index contributed by atoms with van der Waals surface area (Å²) < 4.78 is 4.97. The molecule has 1 N–H and O–H groups in total. The standard InChI is InChI=1S/C18H23N3O2/c22-18-21(11-12-23-18)10-9-20-7-5-14(6-8-20)17-13-15-3-1-2-4-16(15)19-17/h1-4,13-14,19H,5-12H2. The number of nitrogens with zero attached hydrogens (tertiary/aromatic N) is 2. The van der Waals surface area contributed by atoms with Crippen LogP contribution in [-0.2, 0) is 4.74 Å². The molecule has 0 bridgehead atoms. The van der Waals surface area contributed by atoms with Crippen LogP contribution in [-0.4, -0.2) is 60.2 Å². The van der Waals surface area contributed by atoms with Crippen molar-refractivity contribution in [3.63, 3.8) is 0 Å². The topological polar surface area (TPSA) is 48.6 Å². The molecule has 2 aromatic rings. The van der Waals surface area contributed by atoms with E-state index in [2.05, 4.69) is 40.2 Å². The lowest BCUT2D eigenvalue weighted by atomic mass is 9.93. The Morgan fingerprint density at radius 1 is 1.13 bits per heavy atom. The lowest BCUT2D eigenvalue weighted by Gasteiger charge is -2.32. The molecule has 1 amide bonds. The molecule has 4 rings (SSSR count). The van der Waals surface area contributed by atoms with Crippen molar-refractivity contribution in [2.45, 2.75) is 18.8 Å². The number of hydrogen-bond donors (Lipinski definition) is 1. The van der Waals surface area contributed by atoms with Gasteiger partial charge in [0.05, 0.1) is 6.54 Å². The average molecular weight is 313 g/mol. The second-order valence-corrected chi connectivity index (χ2v) is 6.53. The maximum Gasteiger partial charge on any atom is 0.409 e. The van der Waals surface area contributed by atoms with Crippen LogP contribution in [0.15, 0.2) is 30.3 Å². The van der Waals surface area contributed by atoms with Crippen molar-refractivity contribution in [1.29, 1.82) is 0 Å². The Morgan fingerprint density at radius 2 is 1.96 bits per heavy atom. The molecule has 0 aliphatic carbocycles. The zero-order valence-corrected chi connectivity index (χ0v) is 13.3. The van der Waals surface area contributed by atoms with Gasteiger partial charge >= 0.3 is 6.09 Å². The van der Waals surface area contributed by atoms with Gasteiger partial charge in [-0.3, -0.25) is 0 Å². The van der Waals surface area contributed by atoms with Gasteiger partial charge in [0, 0.05) is 30.2 Å². The van der Waals surface area contributed by atoms with Crippen LogP contribution in [0.5, 0.6) is 0 Å². The molecule has 3 heterocycles. The fraction of sp³-hybridized carbons (Fsp3) is 0.500. The summed E-state index contributed by atoms with van der Waals surface area (Å²) in [5.41, 5.74) is 2.60. The minimum atomic E-state index is -0.155. The second kappa shape index (κ2) is 6.24. The zero-order chi connectivity index (χ0) is 15.6. The van der Waals surface area contributed by atoms with Gasteiger partial charge in [-0.1, -0.05) is 18.2 Å². The summed E-state index contributed by atoms with van der Waals surface area (Å²) in [7, 11) is 0. The van der Waals surface area contributed by atoms with Crippen molar-refractivity contribution in [1.82, 2.24) is 14.8 Å². The molecule has 0 atom stereocenters. The van der Waals surface area contributed by atoms with E-state index in [1.165, 1.54) is 29.4 Å². The predicted molar refractivity (Wildman–Crippen MR) is 89.6 cm³/mol. The van der Waals surface area contributed by atoms with Gasteiger partial charge in [-0.25, -0.2) is 4.79 Å². The molecule has 5 heteroatoms. The first-order chi connectivity index (χ1) is 11.3. The Morgan fingerprint density at radius 3 is 2.70 bits per heavy atom. The highest BCUT2D eigenvalue weighted by molar-refractivity contribution is 5.80. The number of H-pyrrole nitrogens is 1. The first kappa shape index (κ1) is 14.6. The lowest BCUT2D eigenvalue weighted by Crippen LogP contribution is -2.39. The number of para-hydroxylation sites is 1. The van der Waals surface area contributed by atoms with Gasteiger partial charge in [-0.15, -0.1) is 0 Å². The molecule has 0 spiro atoms. The molecule has 0 radical (unpaired) electrons. The van der Waals surface area contributed by atoms with E-state index >= 15 is 0 Å². The summed E-state index contributed by atoms with van der Waals surface area (Å²) in [6.45, 7) is 5.22. The smallest absolute Gasteiger partial charge is 0.409 e. The third kappa shape index (κ3) is 3.06. The highest BCUT2D eigenvalue weighted by Gasteiger charge is 2.25. The van der Waals surface area contributed by atoms with E-state index in [4.69, 9.17) is 4.74 Å². The molecule has 5 nitrogen and oxygen atoms in total. The molecule has 0 saturated carbocycles. The van der Waals surface area contributed by atoms with Crippen LogP contribution in [0.25, 0.3) is 10.9 Å². The van der Waals surface area contributed by atoms with Crippen LogP contribution >= 0.6 is 0 Å². The van der Waals surface area contributed by atoms with Crippen LogP contribution in [0.2, 0.25) is 0 Å². The summed E-state index contributed by atoms with van der Waals surface area (Å²) >= 11 is 0. The average Bonchev–Trinajstić information content (AvgIpc) is 3.19. The second-order valence-electron chi connectivity index (χ2n) is 6.53. The minimum absolute atomic E-state index is 0.155. The summed E-state index contributed by atoms with van der Waals surface area (Å²) in [4.78, 5) is 19.3. The molecule has 1 aromatic heterocycles. The van der Waals surface area contributed by atoms with E-state index in [-0.39, 0.29) is 6.09 Å². The van der Waals surface area contributed by atoms with E-state index in [9.17, 15) is 4.79 Å². The van der Waals surface area contributed by atoms with Gasteiger partial charge in [-0.05, 0) is 43.5 Å². The number of amides is 1. The van der Waals surface area contributed by atoms with Crippen molar-refractivity contribution in [2.24, 2.45) is 0 Å². The SMILES string of the molecule is O=C1OCCN1CCN1CCC(c2cc3ccccc3[nH]2)CC1. The highest BCUT2D eigenvalue weighted by atomic mass is 16.6. The van der Waals surface area contributed by atoms with Crippen LogP contribution < -0.4 is 0 Å². The number of aromatic nitrogens is 1. The Balaban J connectivity index is 1.31. The number of ether oxygens (including phenoxy) is 1. The van der Waals surface area contributed by atoms with E-state index in [1.54, 1.807) is 0 Å². The third-order valence-corrected chi connectivity index (χ3v) is 5.11. The van der Waals surface area contributed by atoms with Gasteiger partial charge < -0.3 is 19.5 Å². The number of likely N-dealkylation sites (tertiary alicyclic amines) is 1. The Hall–Kier alpha value is -2.01. The normalized spacial score (nSPS) is 20.3. The van der Waals surface area contributed by atoms with E-state index in [0.29, 0.717) is 12.5 Å². The molecule has 1 aromatic carbocycles. The van der Waals surface area contributed by atoms with Gasteiger partial charge in [0.25, 0.3) is 0 Å². The van der Waals surface area contributed by atoms with Gasteiger partial charge in [0.2, 0.25) is 0 Å². The molecule has 0 unspecified atom stereocenters. The monoisotopic (exact) mass is 313 g/mol. The largest absolute Gasteiger partial charge is 0.448 e. The fourth-order valence-electron chi connectivity index (χ4n) is 3.67. The highest BCUT2D eigenvalue weighted by Crippen LogP contribution is 2.29. The van der Waals surface area contributed by atoms with Crippen LogP contribution in [0, 0.1) is 0 Å². The number of hydrogen-bond acceptors (Lipinski definition) is 3. The summed E-state index contributed by atoms with van der Waals surface area (Å²) in [6, 6.07) is 10.8. The van der Waals surface area contributed by atoms with E-state index in [1.807, 2.05) is 4.90 Å². The van der Waals surface area contributed by atoms with Gasteiger partial charge in [0.1, 0.15) is 6.61 Å². The first-order valence-electron chi connectivity index (χ1n) is 8.51. The molecule has 23 heavy (non-hydrogen) atoms. The van der Waals surface area contributed by atoms with Crippen molar-refractivity contribution in [3.05, 3.63) is 36.0 Å². The molecule has 2 saturated heterocycles. The maximum atomic E-state index is 11.5. The minimum Gasteiger partial charge on any atom is -0.448 e. The number of carbonyl (C=O) groups is 1. The first-order valence-corrected chi connectivity index (χ1v) is 8.51. The number of aromatic amines is 1. The number of carbonyl (C=O) groups excluding carboxylic acids is 1. The van der Waals surface area contributed by atoms with Gasteiger partial charge in [0.15, 0.2) is 0 Å². The van der Waals surface area contributed by atoms with Crippen molar-refractivity contribution in [2.75, 3.05) is 39.3 Å².